The number of allylic oxidation sites excluding steroid dienone is 1. The van der Waals surface area contributed by atoms with E-state index in [2.05, 4.69) is 10.5 Å². The third-order valence-corrected chi connectivity index (χ3v) is 3.00. The lowest BCUT2D eigenvalue weighted by Crippen LogP contribution is -2.25. The molecule has 1 unspecified atom stereocenters. The van der Waals surface area contributed by atoms with Gasteiger partial charge in [0, 0.05) is 0 Å². The molecule has 0 aliphatic heterocycles. The van der Waals surface area contributed by atoms with Gasteiger partial charge in [0.15, 0.2) is 6.10 Å². The van der Waals surface area contributed by atoms with E-state index in [1.54, 1.807) is 30.5 Å². The highest BCUT2D eigenvalue weighted by Crippen LogP contribution is 2.11. The molecular formula is C18H18N2O2. The number of amides is 1. The first-order valence-electron chi connectivity index (χ1n) is 6.96. The van der Waals surface area contributed by atoms with E-state index in [0.29, 0.717) is 5.56 Å². The van der Waals surface area contributed by atoms with E-state index in [1.165, 1.54) is 0 Å². The van der Waals surface area contributed by atoms with Gasteiger partial charge < -0.3 is 5.11 Å². The van der Waals surface area contributed by atoms with Crippen LogP contribution in [0.15, 0.2) is 71.3 Å². The topological polar surface area (TPSA) is 61.7 Å². The highest BCUT2D eigenvalue weighted by Gasteiger charge is 2.15. The zero-order chi connectivity index (χ0) is 15.8. The summed E-state index contributed by atoms with van der Waals surface area (Å²) in [5, 5.41) is 13.8. The van der Waals surface area contributed by atoms with Gasteiger partial charge in [-0.2, -0.15) is 5.10 Å². The Morgan fingerprint density at radius 3 is 2.32 bits per heavy atom. The van der Waals surface area contributed by atoms with Gasteiger partial charge in [0.05, 0.1) is 6.21 Å². The molecule has 2 rings (SSSR count). The van der Waals surface area contributed by atoms with E-state index in [1.807, 2.05) is 49.4 Å². The SMILES string of the molecule is CC(/C=N/NC(=O)C(O)c1ccccc1)=C\c1ccccc1. The number of aliphatic hydroxyl groups is 1. The fraction of sp³-hybridized carbons (Fsp3) is 0.111. The van der Waals surface area contributed by atoms with E-state index in [0.717, 1.165) is 11.1 Å². The number of aliphatic hydroxyl groups excluding tert-OH is 1. The summed E-state index contributed by atoms with van der Waals surface area (Å²) < 4.78 is 0. The zero-order valence-electron chi connectivity index (χ0n) is 12.3. The average molecular weight is 294 g/mol. The number of nitrogens with one attached hydrogen (secondary N) is 1. The van der Waals surface area contributed by atoms with Crippen molar-refractivity contribution in [2.75, 3.05) is 0 Å². The monoisotopic (exact) mass is 294 g/mol. The first-order chi connectivity index (χ1) is 10.7. The largest absolute Gasteiger partial charge is 0.378 e. The Morgan fingerprint density at radius 1 is 1.09 bits per heavy atom. The van der Waals surface area contributed by atoms with Crippen LogP contribution in [0.3, 0.4) is 0 Å². The second kappa shape index (κ2) is 7.90. The maximum Gasteiger partial charge on any atom is 0.273 e. The summed E-state index contributed by atoms with van der Waals surface area (Å²) in [6.45, 7) is 1.89. The van der Waals surface area contributed by atoms with Gasteiger partial charge in [-0.15, -0.1) is 0 Å². The van der Waals surface area contributed by atoms with E-state index in [9.17, 15) is 9.90 Å². The van der Waals surface area contributed by atoms with E-state index >= 15 is 0 Å². The Morgan fingerprint density at radius 2 is 1.68 bits per heavy atom. The summed E-state index contributed by atoms with van der Waals surface area (Å²) in [5.74, 6) is -0.560. The molecule has 4 heteroatoms. The molecule has 0 aromatic heterocycles. The standard InChI is InChI=1S/C18H18N2O2/c1-14(12-15-8-4-2-5-9-15)13-19-20-18(22)17(21)16-10-6-3-7-11-16/h2-13,17,21H,1H3,(H,20,22)/b14-12+,19-13+. The number of hydrogen-bond donors (Lipinski definition) is 2. The number of carbonyl (C=O) groups excluding carboxylic acids is 1. The van der Waals surface area contributed by atoms with Crippen LogP contribution in [0, 0.1) is 0 Å². The number of carbonyl (C=O) groups is 1. The fourth-order valence-electron chi connectivity index (χ4n) is 1.89. The minimum atomic E-state index is -1.23. The summed E-state index contributed by atoms with van der Waals surface area (Å²) in [6.07, 6.45) is 2.27. The molecule has 4 nitrogen and oxygen atoms in total. The molecule has 2 N–H and O–H groups in total. The number of benzene rings is 2. The minimum Gasteiger partial charge on any atom is -0.378 e. The molecule has 0 aliphatic rings. The first-order valence-corrected chi connectivity index (χ1v) is 6.96. The van der Waals surface area contributed by atoms with Crippen molar-refractivity contribution in [2.45, 2.75) is 13.0 Å². The van der Waals surface area contributed by atoms with E-state index < -0.39 is 12.0 Å². The Balaban J connectivity index is 1.92. The Bertz CT molecular complexity index is 664. The highest BCUT2D eigenvalue weighted by molar-refractivity contribution is 5.87. The van der Waals surface area contributed by atoms with Crippen LogP contribution in [0.25, 0.3) is 6.08 Å². The molecule has 0 heterocycles. The molecule has 2 aromatic carbocycles. The third-order valence-electron chi connectivity index (χ3n) is 3.00. The maximum absolute atomic E-state index is 11.8. The second-order valence-electron chi connectivity index (χ2n) is 4.85. The summed E-state index contributed by atoms with van der Waals surface area (Å²) in [4.78, 5) is 11.8. The van der Waals surface area contributed by atoms with Crippen LogP contribution in [0.5, 0.6) is 0 Å². The van der Waals surface area contributed by atoms with Crippen molar-refractivity contribution in [1.82, 2.24) is 5.43 Å². The Kier molecular flexibility index (Phi) is 5.63. The lowest BCUT2D eigenvalue weighted by Gasteiger charge is -2.08. The molecule has 1 atom stereocenters. The van der Waals surface area contributed by atoms with Crippen molar-refractivity contribution in [2.24, 2.45) is 5.10 Å². The summed E-state index contributed by atoms with van der Waals surface area (Å²) in [6, 6.07) is 18.6. The molecule has 22 heavy (non-hydrogen) atoms. The minimum absolute atomic E-state index is 0.534. The van der Waals surface area contributed by atoms with Crippen LogP contribution in [-0.4, -0.2) is 17.2 Å². The van der Waals surface area contributed by atoms with Crippen molar-refractivity contribution >= 4 is 18.2 Å². The Hall–Kier alpha value is -2.72. The van der Waals surface area contributed by atoms with Crippen molar-refractivity contribution in [3.63, 3.8) is 0 Å². The van der Waals surface area contributed by atoms with Gasteiger partial charge in [0.2, 0.25) is 0 Å². The van der Waals surface area contributed by atoms with Crippen LogP contribution in [0.4, 0.5) is 0 Å². The molecule has 1 amide bonds. The van der Waals surface area contributed by atoms with Gasteiger partial charge in [0.1, 0.15) is 0 Å². The van der Waals surface area contributed by atoms with Gasteiger partial charge in [-0.05, 0) is 23.6 Å². The van der Waals surface area contributed by atoms with Gasteiger partial charge in [-0.25, -0.2) is 5.43 Å². The lowest BCUT2D eigenvalue weighted by atomic mass is 10.1. The molecule has 0 fully saturated rings. The average Bonchev–Trinajstić information content (AvgIpc) is 2.55. The van der Waals surface area contributed by atoms with Crippen molar-refractivity contribution in [3.05, 3.63) is 77.4 Å². The summed E-state index contributed by atoms with van der Waals surface area (Å²) in [7, 11) is 0. The van der Waals surface area contributed by atoms with Crippen molar-refractivity contribution in [1.29, 1.82) is 0 Å². The molecular weight excluding hydrogens is 276 g/mol. The number of hydrogen-bond acceptors (Lipinski definition) is 3. The van der Waals surface area contributed by atoms with Crippen molar-refractivity contribution < 1.29 is 9.90 Å². The fourth-order valence-corrected chi connectivity index (χ4v) is 1.89. The van der Waals surface area contributed by atoms with E-state index in [4.69, 9.17) is 0 Å². The van der Waals surface area contributed by atoms with Crippen LogP contribution >= 0.6 is 0 Å². The highest BCUT2D eigenvalue weighted by atomic mass is 16.3. The van der Waals surface area contributed by atoms with Gasteiger partial charge in [-0.1, -0.05) is 66.7 Å². The van der Waals surface area contributed by atoms with Crippen LogP contribution in [0.2, 0.25) is 0 Å². The van der Waals surface area contributed by atoms with Gasteiger partial charge >= 0.3 is 0 Å². The molecule has 0 saturated heterocycles. The van der Waals surface area contributed by atoms with E-state index in [-0.39, 0.29) is 0 Å². The first kappa shape index (κ1) is 15.7. The molecule has 0 radical (unpaired) electrons. The van der Waals surface area contributed by atoms with Gasteiger partial charge in [-0.3, -0.25) is 4.79 Å². The number of rotatable bonds is 5. The second-order valence-corrected chi connectivity index (χ2v) is 4.85. The van der Waals surface area contributed by atoms with Crippen molar-refractivity contribution in [3.8, 4) is 0 Å². The predicted octanol–water partition coefficient (Wildman–Crippen LogP) is 2.93. The normalized spacial score (nSPS) is 13.1. The zero-order valence-corrected chi connectivity index (χ0v) is 12.3. The molecule has 2 aromatic rings. The summed E-state index contributed by atoms with van der Waals surface area (Å²) >= 11 is 0. The molecule has 0 saturated carbocycles. The van der Waals surface area contributed by atoms with Crippen LogP contribution in [0.1, 0.15) is 24.2 Å². The number of hydrazone groups is 1. The van der Waals surface area contributed by atoms with Gasteiger partial charge in [0.25, 0.3) is 5.91 Å². The molecule has 0 aliphatic carbocycles. The van der Waals surface area contributed by atoms with Crippen LogP contribution < -0.4 is 5.43 Å². The Labute approximate surface area is 129 Å². The molecule has 0 spiro atoms. The smallest absolute Gasteiger partial charge is 0.273 e. The predicted molar refractivity (Wildman–Crippen MR) is 88.1 cm³/mol. The summed E-state index contributed by atoms with van der Waals surface area (Å²) in [5.41, 5.74) is 4.82. The number of nitrogens with zero attached hydrogens (tertiary/aromatic N) is 1. The molecule has 112 valence electrons. The van der Waals surface area contributed by atoms with Crippen LogP contribution in [-0.2, 0) is 4.79 Å². The third kappa shape index (κ3) is 4.68. The molecule has 0 bridgehead atoms. The quantitative estimate of drug-likeness (QED) is 0.658. The maximum atomic E-state index is 11.8. The lowest BCUT2D eigenvalue weighted by molar-refractivity contribution is -0.129.